The molecule has 0 radical (unpaired) electrons. The second-order valence-electron chi connectivity index (χ2n) is 4.39. The van der Waals surface area contributed by atoms with Crippen LogP contribution in [-0.2, 0) is 16.0 Å². The van der Waals surface area contributed by atoms with Gasteiger partial charge in [-0.15, -0.1) is 0 Å². The van der Waals surface area contributed by atoms with Crippen LogP contribution >= 0.6 is 0 Å². The molecule has 0 aliphatic rings. The average Bonchev–Trinajstić information content (AvgIpc) is 2.50. The Hall–Kier alpha value is -1.81. The lowest BCUT2D eigenvalue weighted by molar-refractivity contribution is 0.0817. The van der Waals surface area contributed by atoms with Crippen molar-refractivity contribution in [2.75, 3.05) is 20.3 Å². The van der Waals surface area contributed by atoms with E-state index in [1.807, 2.05) is 18.2 Å². The molecule has 0 aliphatic heterocycles. The molecule has 4 nitrogen and oxygen atoms in total. The minimum Gasteiger partial charge on any atom is -0.438 e. The third-order valence-corrected chi connectivity index (χ3v) is 2.78. The van der Waals surface area contributed by atoms with E-state index in [4.69, 9.17) is 4.74 Å². The Morgan fingerprint density at radius 1 is 1.20 bits per heavy atom. The quantitative estimate of drug-likeness (QED) is 0.427. The van der Waals surface area contributed by atoms with Crippen LogP contribution in [0.1, 0.15) is 24.8 Å². The largest absolute Gasteiger partial charge is 0.508 e. The number of ether oxygens (including phenoxy) is 2. The Labute approximate surface area is 120 Å². The SMILES string of the molecule is COC(=O)OC/C=C/CCCCNCc1ccccc1. The van der Waals surface area contributed by atoms with Gasteiger partial charge in [-0.2, -0.15) is 0 Å². The predicted octanol–water partition coefficient (Wildman–Crippen LogP) is 3.29. The van der Waals surface area contributed by atoms with Crippen molar-refractivity contribution < 1.29 is 14.3 Å². The monoisotopic (exact) mass is 277 g/mol. The Bertz CT molecular complexity index is 390. The Balaban J connectivity index is 1.90. The Morgan fingerprint density at radius 2 is 2.00 bits per heavy atom. The van der Waals surface area contributed by atoms with E-state index in [0.717, 1.165) is 32.4 Å². The number of hydrogen-bond acceptors (Lipinski definition) is 4. The fourth-order valence-corrected chi connectivity index (χ4v) is 1.70. The molecule has 0 saturated heterocycles. The van der Waals surface area contributed by atoms with Crippen LogP contribution in [0.5, 0.6) is 0 Å². The minimum atomic E-state index is -0.639. The van der Waals surface area contributed by atoms with Crippen LogP contribution < -0.4 is 5.32 Å². The number of methoxy groups -OCH3 is 1. The van der Waals surface area contributed by atoms with E-state index in [9.17, 15) is 4.79 Å². The number of carbonyl (C=O) groups excluding carboxylic acids is 1. The maximum absolute atomic E-state index is 10.6. The highest BCUT2D eigenvalue weighted by molar-refractivity contribution is 5.59. The molecule has 0 amide bonds. The van der Waals surface area contributed by atoms with Gasteiger partial charge in [0.2, 0.25) is 0 Å². The molecule has 0 bridgehead atoms. The third-order valence-electron chi connectivity index (χ3n) is 2.78. The van der Waals surface area contributed by atoms with Crippen LogP contribution in [0.15, 0.2) is 42.5 Å². The van der Waals surface area contributed by atoms with Crippen molar-refractivity contribution >= 4 is 6.16 Å². The molecule has 0 saturated carbocycles. The topological polar surface area (TPSA) is 47.6 Å². The van der Waals surface area contributed by atoms with Crippen molar-refractivity contribution in [2.24, 2.45) is 0 Å². The zero-order valence-electron chi connectivity index (χ0n) is 12.0. The summed E-state index contributed by atoms with van der Waals surface area (Å²) in [7, 11) is 1.30. The van der Waals surface area contributed by atoms with Crippen LogP contribution in [0.2, 0.25) is 0 Å². The fraction of sp³-hybridized carbons (Fsp3) is 0.438. The molecule has 0 aromatic heterocycles. The van der Waals surface area contributed by atoms with Crippen molar-refractivity contribution in [3.8, 4) is 0 Å². The van der Waals surface area contributed by atoms with E-state index in [0.29, 0.717) is 0 Å². The lowest BCUT2D eigenvalue weighted by atomic mass is 10.2. The van der Waals surface area contributed by atoms with Crippen molar-refractivity contribution in [2.45, 2.75) is 25.8 Å². The number of nitrogens with one attached hydrogen (secondary N) is 1. The fourth-order valence-electron chi connectivity index (χ4n) is 1.70. The van der Waals surface area contributed by atoms with Crippen molar-refractivity contribution in [3.05, 3.63) is 48.0 Å². The molecule has 1 N–H and O–H groups in total. The molecule has 1 rings (SSSR count). The molecule has 1 aromatic carbocycles. The van der Waals surface area contributed by atoms with Crippen molar-refractivity contribution in [3.63, 3.8) is 0 Å². The number of allylic oxidation sites excluding steroid dienone is 1. The zero-order chi connectivity index (χ0) is 14.5. The van der Waals surface area contributed by atoms with Gasteiger partial charge in [-0.1, -0.05) is 42.5 Å². The first-order valence-electron chi connectivity index (χ1n) is 6.93. The van der Waals surface area contributed by atoms with Crippen LogP contribution in [-0.4, -0.2) is 26.4 Å². The molecule has 0 heterocycles. The smallest absolute Gasteiger partial charge is 0.438 e. The van der Waals surface area contributed by atoms with Gasteiger partial charge in [0.05, 0.1) is 7.11 Å². The van der Waals surface area contributed by atoms with Gasteiger partial charge in [-0.25, -0.2) is 4.79 Å². The summed E-state index contributed by atoms with van der Waals surface area (Å²) >= 11 is 0. The van der Waals surface area contributed by atoms with Gasteiger partial charge in [-0.05, 0) is 31.4 Å². The number of unbranched alkanes of at least 4 members (excludes halogenated alkanes) is 2. The summed E-state index contributed by atoms with van der Waals surface area (Å²) in [5, 5.41) is 3.42. The van der Waals surface area contributed by atoms with E-state index in [1.165, 1.54) is 12.7 Å². The van der Waals surface area contributed by atoms with E-state index >= 15 is 0 Å². The molecule has 0 fully saturated rings. The average molecular weight is 277 g/mol. The molecule has 1 aromatic rings. The van der Waals surface area contributed by atoms with Crippen molar-refractivity contribution in [1.82, 2.24) is 5.32 Å². The van der Waals surface area contributed by atoms with E-state index in [2.05, 4.69) is 34.3 Å². The van der Waals surface area contributed by atoms with Crippen molar-refractivity contribution in [1.29, 1.82) is 0 Å². The summed E-state index contributed by atoms with van der Waals surface area (Å²) in [5.74, 6) is 0. The van der Waals surface area contributed by atoms with E-state index < -0.39 is 6.16 Å². The highest BCUT2D eigenvalue weighted by Crippen LogP contribution is 1.99. The summed E-state index contributed by atoms with van der Waals surface area (Å²) in [5.41, 5.74) is 1.31. The van der Waals surface area contributed by atoms with Gasteiger partial charge in [0.1, 0.15) is 6.61 Å². The maximum Gasteiger partial charge on any atom is 0.508 e. The summed E-state index contributed by atoms with van der Waals surface area (Å²) < 4.78 is 9.08. The van der Waals surface area contributed by atoms with Crippen LogP contribution in [0.4, 0.5) is 4.79 Å². The molecule has 0 spiro atoms. The minimum absolute atomic E-state index is 0.277. The van der Waals surface area contributed by atoms with Gasteiger partial charge in [0, 0.05) is 6.54 Å². The van der Waals surface area contributed by atoms with Gasteiger partial charge in [0.25, 0.3) is 0 Å². The second kappa shape index (κ2) is 11.1. The van der Waals surface area contributed by atoms with E-state index in [-0.39, 0.29) is 6.61 Å². The van der Waals surface area contributed by atoms with E-state index in [1.54, 1.807) is 0 Å². The summed E-state index contributed by atoms with van der Waals surface area (Å²) in [6.07, 6.45) is 6.48. The zero-order valence-corrected chi connectivity index (χ0v) is 12.0. The lowest BCUT2D eigenvalue weighted by Gasteiger charge is -2.03. The first kappa shape index (κ1) is 16.2. The predicted molar refractivity (Wildman–Crippen MR) is 79.5 cm³/mol. The van der Waals surface area contributed by atoms with Gasteiger partial charge in [0.15, 0.2) is 0 Å². The van der Waals surface area contributed by atoms with Gasteiger partial charge >= 0.3 is 6.16 Å². The second-order valence-corrected chi connectivity index (χ2v) is 4.39. The lowest BCUT2D eigenvalue weighted by Crippen LogP contribution is -2.14. The summed E-state index contributed by atoms with van der Waals surface area (Å²) in [4.78, 5) is 10.6. The Kier molecular flexibility index (Phi) is 8.98. The molecular weight excluding hydrogens is 254 g/mol. The van der Waals surface area contributed by atoms with Gasteiger partial charge in [-0.3, -0.25) is 0 Å². The highest BCUT2D eigenvalue weighted by Gasteiger charge is 1.95. The summed E-state index contributed by atoms with van der Waals surface area (Å²) in [6, 6.07) is 10.4. The number of benzene rings is 1. The number of rotatable bonds is 9. The molecule has 110 valence electrons. The van der Waals surface area contributed by atoms with Crippen LogP contribution in [0.3, 0.4) is 0 Å². The number of hydrogen-bond donors (Lipinski definition) is 1. The Morgan fingerprint density at radius 3 is 2.75 bits per heavy atom. The molecule has 0 atom stereocenters. The molecule has 4 heteroatoms. The highest BCUT2D eigenvalue weighted by atomic mass is 16.7. The molecule has 20 heavy (non-hydrogen) atoms. The standard InChI is InChI=1S/C16H23NO3/c1-19-16(18)20-13-9-4-2-3-8-12-17-14-15-10-6-5-7-11-15/h4-7,9-11,17H,2-3,8,12-14H2,1H3/b9-4+. The number of carbonyl (C=O) groups is 1. The molecule has 0 aliphatic carbocycles. The third kappa shape index (κ3) is 8.32. The first-order chi connectivity index (χ1) is 9.83. The maximum atomic E-state index is 10.6. The van der Waals surface area contributed by atoms with Crippen LogP contribution in [0, 0.1) is 0 Å². The van der Waals surface area contributed by atoms with Crippen LogP contribution in [0.25, 0.3) is 0 Å². The normalized spacial score (nSPS) is 10.7. The first-order valence-corrected chi connectivity index (χ1v) is 6.93. The molecular formula is C16H23NO3. The summed E-state index contributed by atoms with van der Waals surface area (Å²) in [6.45, 7) is 2.21. The molecule has 0 unspecified atom stereocenters. The van der Waals surface area contributed by atoms with Gasteiger partial charge < -0.3 is 14.8 Å².